The zero-order valence-electron chi connectivity index (χ0n) is 15.9. The van der Waals surface area contributed by atoms with Crippen LogP contribution < -0.4 is 10.6 Å². The number of rotatable bonds is 8. The van der Waals surface area contributed by atoms with Crippen LogP contribution in [0.15, 0.2) is 66.0 Å². The van der Waals surface area contributed by atoms with Crippen molar-refractivity contribution < 1.29 is 4.79 Å². The van der Waals surface area contributed by atoms with E-state index in [1.165, 1.54) is 21.6 Å². The largest absolute Gasteiger partial charge is 0.351 e. The van der Waals surface area contributed by atoms with Crippen molar-refractivity contribution in [1.82, 2.24) is 10.6 Å². The minimum atomic E-state index is 0.00462. The highest BCUT2D eigenvalue weighted by Crippen LogP contribution is 2.26. The van der Waals surface area contributed by atoms with E-state index in [0.29, 0.717) is 6.54 Å². The second-order valence-electron chi connectivity index (χ2n) is 6.63. The number of carbonyl (C=O) groups is 1. The average Bonchev–Trinajstić information content (AvgIpc) is 3.22. The van der Waals surface area contributed by atoms with E-state index in [2.05, 4.69) is 66.3 Å². The Morgan fingerprint density at radius 1 is 1.04 bits per heavy atom. The summed E-state index contributed by atoms with van der Waals surface area (Å²) in [5, 5.41) is 8.51. The number of hydrogen-bond donors (Lipinski definition) is 2. The van der Waals surface area contributed by atoms with Gasteiger partial charge in [0.05, 0.1) is 12.6 Å². The van der Waals surface area contributed by atoms with Crippen LogP contribution in [0, 0.1) is 6.92 Å². The van der Waals surface area contributed by atoms with Crippen molar-refractivity contribution >= 4 is 17.2 Å². The number of benzene rings is 2. The number of thiophene rings is 1. The van der Waals surface area contributed by atoms with Gasteiger partial charge >= 0.3 is 0 Å². The molecule has 0 aliphatic heterocycles. The standard InChI is InChI=1S/C23H26N2OS/c1-3-18-10-12-19(13-11-18)23(21-9-6-14-27-21)25-16-22(26)24-15-20-8-5-4-7-17(20)2/h4-14,23,25H,3,15-16H2,1-2H3,(H,24,26)/t23-/m0/s1. The molecule has 2 N–H and O–H groups in total. The van der Waals surface area contributed by atoms with E-state index in [9.17, 15) is 4.79 Å². The third-order valence-corrected chi connectivity index (χ3v) is 5.69. The molecule has 0 fully saturated rings. The minimum Gasteiger partial charge on any atom is -0.351 e. The molecule has 3 nitrogen and oxygen atoms in total. The lowest BCUT2D eigenvalue weighted by Gasteiger charge is -2.18. The van der Waals surface area contributed by atoms with Gasteiger partial charge in [-0.1, -0.05) is 61.5 Å². The summed E-state index contributed by atoms with van der Waals surface area (Å²) >= 11 is 1.71. The molecular formula is C23H26N2OS. The van der Waals surface area contributed by atoms with E-state index in [-0.39, 0.29) is 18.5 Å². The van der Waals surface area contributed by atoms with Crippen LogP contribution in [0.25, 0.3) is 0 Å². The van der Waals surface area contributed by atoms with Crippen molar-refractivity contribution in [3.8, 4) is 0 Å². The molecule has 1 aromatic heterocycles. The number of hydrogen-bond acceptors (Lipinski definition) is 3. The van der Waals surface area contributed by atoms with E-state index in [1.54, 1.807) is 11.3 Å². The van der Waals surface area contributed by atoms with E-state index >= 15 is 0 Å². The van der Waals surface area contributed by atoms with Crippen molar-refractivity contribution in [2.75, 3.05) is 6.54 Å². The fourth-order valence-corrected chi connectivity index (χ4v) is 3.87. The third kappa shape index (κ3) is 5.28. The Morgan fingerprint density at radius 2 is 1.81 bits per heavy atom. The Hall–Kier alpha value is -2.43. The molecule has 1 atom stereocenters. The van der Waals surface area contributed by atoms with Crippen LogP contribution in [0.5, 0.6) is 0 Å². The van der Waals surface area contributed by atoms with Crippen molar-refractivity contribution in [3.05, 3.63) is 93.2 Å². The smallest absolute Gasteiger partial charge is 0.234 e. The van der Waals surface area contributed by atoms with Gasteiger partial charge in [-0.25, -0.2) is 0 Å². The molecule has 140 valence electrons. The monoisotopic (exact) mass is 378 g/mol. The Morgan fingerprint density at radius 3 is 2.48 bits per heavy atom. The molecule has 0 aliphatic carbocycles. The predicted octanol–water partition coefficient (Wildman–Crippen LogP) is 4.61. The van der Waals surface area contributed by atoms with E-state index in [4.69, 9.17) is 0 Å². The van der Waals surface area contributed by atoms with Crippen molar-refractivity contribution in [2.24, 2.45) is 0 Å². The lowest BCUT2D eigenvalue weighted by Crippen LogP contribution is -2.35. The van der Waals surface area contributed by atoms with E-state index < -0.39 is 0 Å². The van der Waals surface area contributed by atoms with E-state index in [1.807, 2.05) is 24.3 Å². The molecule has 0 saturated carbocycles. The molecule has 0 aliphatic rings. The maximum Gasteiger partial charge on any atom is 0.234 e. The molecule has 0 unspecified atom stereocenters. The summed E-state index contributed by atoms with van der Waals surface area (Å²) in [5.74, 6) is 0.00462. The summed E-state index contributed by atoms with van der Waals surface area (Å²) in [6.45, 7) is 5.06. The number of amides is 1. The van der Waals surface area contributed by atoms with Gasteiger partial charge in [-0.15, -0.1) is 11.3 Å². The fourth-order valence-electron chi connectivity index (χ4n) is 3.04. The number of nitrogens with one attached hydrogen (secondary N) is 2. The normalized spacial score (nSPS) is 11.9. The lowest BCUT2D eigenvalue weighted by molar-refractivity contribution is -0.120. The summed E-state index contributed by atoms with van der Waals surface area (Å²) in [7, 11) is 0. The highest BCUT2D eigenvalue weighted by molar-refractivity contribution is 7.10. The van der Waals surface area contributed by atoms with Crippen LogP contribution in [-0.4, -0.2) is 12.5 Å². The highest BCUT2D eigenvalue weighted by atomic mass is 32.1. The molecule has 2 aromatic carbocycles. The van der Waals surface area contributed by atoms with Gasteiger partial charge in [-0.2, -0.15) is 0 Å². The van der Waals surface area contributed by atoms with Gasteiger partial charge in [-0.05, 0) is 47.0 Å². The van der Waals surface area contributed by atoms with Gasteiger partial charge < -0.3 is 5.32 Å². The molecular weight excluding hydrogens is 352 g/mol. The molecule has 1 heterocycles. The summed E-state index contributed by atoms with van der Waals surface area (Å²) in [4.78, 5) is 13.6. The first-order valence-corrected chi connectivity index (χ1v) is 10.2. The maximum atomic E-state index is 12.4. The quantitative estimate of drug-likeness (QED) is 0.601. The fraction of sp³-hybridized carbons (Fsp3) is 0.261. The molecule has 0 spiro atoms. The molecule has 0 saturated heterocycles. The molecule has 1 amide bonds. The third-order valence-electron chi connectivity index (χ3n) is 4.75. The van der Waals surface area contributed by atoms with Gasteiger partial charge in [-0.3, -0.25) is 10.1 Å². The maximum absolute atomic E-state index is 12.4. The highest BCUT2D eigenvalue weighted by Gasteiger charge is 2.16. The summed E-state index contributed by atoms with van der Waals surface area (Å²) in [6, 6.07) is 20.9. The Labute approximate surface area is 165 Å². The average molecular weight is 379 g/mol. The topological polar surface area (TPSA) is 41.1 Å². The van der Waals surface area contributed by atoms with Crippen LogP contribution in [0.4, 0.5) is 0 Å². The summed E-state index contributed by atoms with van der Waals surface area (Å²) in [5.41, 5.74) is 4.84. The Balaban J connectivity index is 1.62. The van der Waals surface area contributed by atoms with Crippen molar-refractivity contribution in [2.45, 2.75) is 32.9 Å². The molecule has 3 rings (SSSR count). The molecule has 0 bridgehead atoms. The second kappa shape index (κ2) is 9.49. The SMILES string of the molecule is CCc1ccc([C@H](NCC(=O)NCc2ccccc2C)c2cccs2)cc1. The number of aryl methyl sites for hydroxylation is 2. The van der Waals surface area contributed by atoms with Crippen LogP contribution in [0.3, 0.4) is 0 Å². The van der Waals surface area contributed by atoms with Gasteiger partial charge in [0, 0.05) is 11.4 Å². The van der Waals surface area contributed by atoms with Crippen LogP contribution in [0.1, 0.15) is 40.1 Å². The first kappa shape index (κ1) is 19.3. The Kier molecular flexibility index (Phi) is 6.80. The molecule has 4 heteroatoms. The van der Waals surface area contributed by atoms with E-state index in [0.717, 1.165) is 12.0 Å². The second-order valence-corrected chi connectivity index (χ2v) is 7.61. The summed E-state index contributed by atoms with van der Waals surface area (Å²) < 4.78 is 0. The number of carbonyl (C=O) groups excluding carboxylic acids is 1. The summed E-state index contributed by atoms with van der Waals surface area (Å²) in [6.07, 6.45) is 1.03. The van der Waals surface area contributed by atoms with Gasteiger partial charge in [0.15, 0.2) is 0 Å². The first-order valence-electron chi connectivity index (χ1n) is 9.34. The zero-order valence-corrected chi connectivity index (χ0v) is 16.7. The zero-order chi connectivity index (χ0) is 19.1. The van der Waals surface area contributed by atoms with Crippen molar-refractivity contribution in [1.29, 1.82) is 0 Å². The minimum absolute atomic E-state index is 0.00462. The van der Waals surface area contributed by atoms with Crippen LogP contribution >= 0.6 is 11.3 Å². The van der Waals surface area contributed by atoms with Crippen LogP contribution in [-0.2, 0) is 17.8 Å². The molecule has 27 heavy (non-hydrogen) atoms. The van der Waals surface area contributed by atoms with Gasteiger partial charge in [0.1, 0.15) is 0 Å². The van der Waals surface area contributed by atoms with Gasteiger partial charge in [0.2, 0.25) is 5.91 Å². The van der Waals surface area contributed by atoms with Crippen molar-refractivity contribution in [3.63, 3.8) is 0 Å². The first-order chi connectivity index (χ1) is 13.2. The predicted molar refractivity (Wildman–Crippen MR) is 113 cm³/mol. The molecule has 3 aromatic rings. The Bertz CT molecular complexity index is 856. The molecule has 0 radical (unpaired) electrons. The lowest BCUT2D eigenvalue weighted by atomic mass is 10.0. The van der Waals surface area contributed by atoms with Gasteiger partial charge in [0.25, 0.3) is 0 Å². The van der Waals surface area contributed by atoms with Crippen LogP contribution in [0.2, 0.25) is 0 Å².